The third-order valence-electron chi connectivity index (χ3n) is 3.19. The van der Waals surface area contributed by atoms with Crippen LogP contribution in [-0.2, 0) is 10.0 Å². The summed E-state index contributed by atoms with van der Waals surface area (Å²) in [5.41, 5.74) is 0.0743. The third-order valence-corrected chi connectivity index (χ3v) is 5.21. The number of hydrogen-bond acceptors (Lipinski definition) is 5. The van der Waals surface area contributed by atoms with Crippen LogP contribution in [0.1, 0.15) is 0 Å². The molecule has 0 atom stereocenters. The Balaban J connectivity index is 2.46. The van der Waals surface area contributed by atoms with Crippen molar-refractivity contribution in [3.63, 3.8) is 0 Å². The SMILES string of the molecule is COc1ccc(Cl)cc1N(C)S(=O)(=O)c1ccc([N+](=O)[O-])cc1. The van der Waals surface area contributed by atoms with Gasteiger partial charge in [0.15, 0.2) is 0 Å². The van der Waals surface area contributed by atoms with E-state index < -0.39 is 14.9 Å². The average Bonchev–Trinajstić information content (AvgIpc) is 2.54. The van der Waals surface area contributed by atoms with Crippen molar-refractivity contribution < 1.29 is 18.1 Å². The zero-order valence-corrected chi connectivity index (χ0v) is 13.8. The van der Waals surface area contributed by atoms with E-state index in [-0.39, 0.29) is 16.3 Å². The monoisotopic (exact) mass is 356 g/mol. The average molecular weight is 357 g/mol. The van der Waals surface area contributed by atoms with Crippen LogP contribution in [-0.4, -0.2) is 27.5 Å². The molecule has 0 radical (unpaired) electrons. The first-order valence-corrected chi connectivity index (χ1v) is 8.16. The highest BCUT2D eigenvalue weighted by molar-refractivity contribution is 7.92. The second kappa shape index (κ2) is 6.43. The van der Waals surface area contributed by atoms with Gasteiger partial charge in [-0.25, -0.2) is 8.42 Å². The Morgan fingerprint density at radius 2 is 1.78 bits per heavy atom. The summed E-state index contributed by atoms with van der Waals surface area (Å²) < 4.78 is 31.5. The lowest BCUT2D eigenvalue weighted by molar-refractivity contribution is -0.384. The Bertz CT molecular complexity index is 837. The standard InChI is InChI=1S/C14H13ClN2O5S/c1-16(13-9-10(15)3-8-14(13)22-2)23(20,21)12-6-4-11(5-7-12)17(18)19/h3-9H,1-2H3. The summed E-state index contributed by atoms with van der Waals surface area (Å²) in [6.07, 6.45) is 0. The van der Waals surface area contributed by atoms with E-state index in [9.17, 15) is 18.5 Å². The second-order valence-electron chi connectivity index (χ2n) is 4.54. The normalized spacial score (nSPS) is 11.1. The van der Waals surface area contributed by atoms with E-state index in [0.717, 1.165) is 16.4 Å². The molecule has 122 valence electrons. The molecule has 0 N–H and O–H groups in total. The van der Waals surface area contributed by atoms with Gasteiger partial charge >= 0.3 is 0 Å². The van der Waals surface area contributed by atoms with E-state index in [2.05, 4.69) is 0 Å². The van der Waals surface area contributed by atoms with Crippen LogP contribution in [0.15, 0.2) is 47.4 Å². The van der Waals surface area contributed by atoms with Crippen LogP contribution < -0.4 is 9.04 Å². The van der Waals surface area contributed by atoms with Gasteiger partial charge in [0.2, 0.25) is 0 Å². The van der Waals surface area contributed by atoms with Crippen molar-refractivity contribution in [2.75, 3.05) is 18.5 Å². The fourth-order valence-corrected chi connectivity index (χ4v) is 3.30. The summed E-state index contributed by atoms with van der Waals surface area (Å²) in [5, 5.41) is 11.0. The molecule has 2 rings (SSSR count). The molecule has 0 saturated heterocycles. The molecule has 0 aliphatic rings. The van der Waals surface area contributed by atoms with Gasteiger partial charge in [0.25, 0.3) is 15.7 Å². The van der Waals surface area contributed by atoms with Gasteiger partial charge in [0.1, 0.15) is 5.75 Å². The van der Waals surface area contributed by atoms with Gasteiger partial charge in [-0.2, -0.15) is 0 Å². The van der Waals surface area contributed by atoms with Gasteiger partial charge in [-0.05, 0) is 30.3 Å². The topological polar surface area (TPSA) is 89.8 Å². The maximum atomic E-state index is 12.7. The van der Waals surface area contributed by atoms with Gasteiger partial charge in [0.05, 0.1) is 22.6 Å². The molecule has 0 aliphatic heterocycles. The van der Waals surface area contributed by atoms with E-state index in [1.807, 2.05) is 0 Å². The van der Waals surface area contributed by atoms with Crippen LogP contribution in [0.2, 0.25) is 5.02 Å². The zero-order chi connectivity index (χ0) is 17.2. The minimum atomic E-state index is -3.91. The molecule has 0 spiro atoms. The quantitative estimate of drug-likeness (QED) is 0.606. The number of methoxy groups -OCH3 is 1. The smallest absolute Gasteiger partial charge is 0.269 e. The number of nitrogens with zero attached hydrogens (tertiary/aromatic N) is 2. The first-order chi connectivity index (χ1) is 10.8. The number of ether oxygens (including phenoxy) is 1. The third kappa shape index (κ3) is 3.38. The van der Waals surface area contributed by atoms with Crippen LogP contribution in [0.4, 0.5) is 11.4 Å². The highest BCUT2D eigenvalue weighted by atomic mass is 35.5. The molecule has 0 amide bonds. The molecule has 2 aromatic carbocycles. The van der Waals surface area contributed by atoms with Crippen molar-refractivity contribution in [3.05, 3.63) is 57.6 Å². The summed E-state index contributed by atoms with van der Waals surface area (Å²) in [7, 11) is -1.14. The van der Waals surface area contributed by atoms with E-state index in [1.165, 1.54) is 32.4 Å². The maximum Gasteiger partial charge on any atom is 0.269 e. The predicted octanol–water partition coefficient (Wildman–Crippen LogP) is 3.08. The molecule has 23 heavy (non-hydrogen) atoms. The largest absolute Gasteiger partial charge is 0.495 e. The Morgan fingerprint density at radius 1 is 1.17 bits per heavy atom. The molecule has 0 saturated carbocycles. The zero-order valence-electron chi connectivity index (χ0n) is 12.3. The van der Waals surface area contributed by atoms with Crippen LogP contribution >= 0.6 is 11.6 Å². The van der Waals surface area contributed by atoms with Crippen molar-refractivity contribution in [1.82, 2.24) is 0 Å². The minimum Gasteiger partial charge on any atom is -0.495 e. The Kier molecular flexibility index (Phi) is 4.76. The molecule has 0 bridgehead atoms. The molecule has 7 nitrogen and oxygen atoms in total. The summed E-state index contributed by atoms with van der Waals surface area (Å²) >= 11 is 5.92. The number of nitro benzene ring substituents is 1. The van der Waals surface area contributed by atoms with E-state index in [4.69, 9.17) is 16.3 Å². The Morgan fingerprint density at radius 3 is 2.30 bits per heavy atom. The molecule has 0 fully saturated rings. The fraction of sp³-hybridized carbons (Fsp3) is 0.143. The van der Waals surface area contributed by atoms with Crippen LogP contribution in [0.25, 0.3) is 0 Å². The van der Waals surface area contributed by atoms with Gasteiger partial charge < -0.3 is 4.74 Å². The number of non-ortho nitro benzene ring substituents is 1. The van der Waals surface area contributed by atoms with Crippen LogP contribution in [0.3, 0.4) is 0 Å². The molecule has 0 unspecified atom stereocenters. The van der Waals surface area contributed by atoms with Crippen LogP contribution in [0, 0.1) is 10.1 Å². The van der Waals surface area contributed by atoms with Crippen LogP contribution in [0.5, 0.6) is 5.75 Å². The van der Waals surface area contributed by atoms with Gasteiger partial charge in [-0.3, -0.25) is 14.4 Å². The fourth-order valence-electron chi connectivity index (χ4n) is 1.94. The first kappa shape index (κ1) is 17.0. The molecular weight excluding hydrogens is 344 g/mol. The van der Waals surface area contributed by atoms with Crippen molar-refractivity contribution in [2.45, 2.75) is 4.90 Å². The lowest BCUT2D eigenvalue weighted by Crippen LogP contribution is -2.27. The molecule has 9 heteroatoms. The van der Waals surface area contributed by atoms with E-state index in [1.54, 1.807) is 12.1 Å². The molecular formula is C14H13ClN2O5S. The number of halogens is 1. The highest BCUT2D eigenvalue weighted by Gasteiger charge is 2.24. The van der Waals surface area contributed by atoms with Crippen molar-refractivity contribution in [2.24, 2.45) is 0 Å². The first-order valence-electron chi connectivity index (χ1n) is 6.34. The molecule has 0 aliphatic carbocycles. The van der Waals surface area contributed by atoms with Crippen molar-refractivity contribution in [1.29, 1.82) is 0 Å². The Hall–Kier alpha value is -2.32. The predicted molar refractivity (Wildman–Crippen MR) is 86.7 cm³/mol. The van der Waals surface area contributed by atoms with Gasteiger partial charge in [-0.15, -0.1) is 0 Å². The molecule has 0 aromatic heterocycles. The molecule has 2 aromatic rings. The number of rotatable bonds is 5. The molecule has 0 heterocycles. The Labute approximate surface area is 138 Å². The highest BCUT2D eigenvalue weighted by Crippen LogP contribution is 2.33. The number of anilines is 1. The van der Waals surface area contributed by atoms with Gasteiger partial charge in [-0.1, -0.05) is 11.6 Å². The number of sulfonamides is 1. The lowest BCUT2D eigenvalue weighted by atomic mass is 10.3. The number of nitro groups is 1. The lowest BCUT2D eigenvalue weighted by Gasteiger charge is -2.21. The summed E-state index contributed by atoms with van der Waals surface area (Å²) in [5.74, 6) is 0.336. The second-order valence-corrected chi connectivity index (χ2v) is 6.95. The summed E-state index contributed by atoms with van der Waals surface area (Å²) in [4.78, 5) is 9.98. The van der Waals surface area contributed by atoms with Crippen molar-refractivity contribution in [3.8, 4) is 5.75 Å². The minimum absolute atomic E-state index is 0.0763. The van der Waals surface area contributed by atoms with E-state index >= 15 is 0 Å². The van der Waals surface area contributed by atoms with Gasteiger partial charge in [0, 0.05) is 24.2 Å². The van der Waals surface area contributed by atoms with E-state index in [0.29, 0.717) is 10.8 Å². The summed E-state index contributed by atoms with van der Waals surface area (Å²) in [6.45, 7) is 0. The van der Waals surface area contributed by atoms with Crippen molar-refractivity contribution >= 4 is 33.0 Å². The number of benzene rings is 2. The maximum absolute atomic E-state index is 12.7. The summed E-state index contributed by atoms with van der Waals surface area (Å²) in [6, 6.07) is 9.23. The number of hydrogen-bond donors (Lipinski definition) is 0.